The Morgan fingerprint density at radius 1 is 1.47 bits per heavy atom. The van der Waals surface area contributed by atoms with Crippen molar-refractivity contribution in [1.29, 1.82) is 0 Å². The monoisotopic (exact) mass is 250 g/mol. The highest BCUT2D eigenvalue weighted by Crippen LogP contribution is 2.25. The van der Waals surface area contributed by atoms with Gasteiger partial charge in [0, 0.05) is 23.8 Å². The van der Waals surface area contributed by atoms with Crippen molar-refractivity contribution in [3.63, 3.8) is 0 Å². The SMILES string of the molecule is Cc1cc(Cl)ccc1C(NN)c1cnn(C)c1. The minimum Gasteiger partial charge on any atom is -0.275 e. The third-order valence-corrected chi connectivity index (χ3v) is 3.00. The lowest BCUT2D eigenvalue weighted by Gasteiger charge is -2.17. The van der Waals surface area contributed by atoms with Gasteiger partial charge in [-0.3, -0.25) is 10.5 Å². The maximum absolute atomic E-state index is 5.95. The molecular formula is C12H15ClN4. The molecule has 0 radical (unpaired) electrons. The number of hydrogen-bond donors (Lipinski definition) is 2. The number of nitrogens with two attached hydrogens (primary N) is 1. The molecule has 2 rings (SSSR count). The fraction of sp³-hybridized carbons (Fsp3) is 0.250. The average molecular weight is 251 g/mol. The second-order valence-corrected chi connectivity index (χ2v) is 4.48. The van der Waals surface area contributed by atoms with Crippen LogP contribution >= 0.6 is 11.6 Å². The molecule has 5 heteroatoms. The Bertz CT molecular complexity index is 521. The molecule has 0 aliphatic carbocycles. The van der Waals surface area contributed by atoms with Gasteiger partial charge in [-0.2, -0.15) is 5.10 Å². The zero-order chi connectivity index (χ0) is 12.4. The first kappa shape index (κ1) is 12.1. The van der Waals surface area contributed by atoms with Gasteiger partial charge >= 0.3 is 0 Å². The topological polar surface area (TPSA) is 55.9 Å². The van der Waals surface area contributed by atoms with Gasteiger partial charge in [0.2, 0.25) is 0 Å². The average Bonchev–Trinajstić information content (AvgIpc) is 2.69. The largest absolute Gasteiger partial charge is 0.275 e. The van der Waals surface area contributed by atoms with Crippen molar-refractivity contribution >= 4 is 11.6 Å². The molecule has 0 amide bonds. The van der Waals surface area contributed by atoms with Gasteiger partial charge in [0.1, 0.15) is 0 Å². The molecule has 1 aromatic carbocycles. The Labute approximate surface area is 105 Å². The minimum atomic E-state index is -0.0685. The fourth-order valence-corrected chi connectivity index (χ4v) is 2.14. The Balaban J connectivity index is 2.42. The second-order valence-electron chi connectivity index (χ2n) is 4.05. The summed E-state index contributed by atoms with van der Waals surface area (Å²) in [6, 6.07) is 5.71. The van der Waals surface area contributed by atoms with E-state index in [2.05, 4.69) is 10.5 Å². The van der Waals surface area contributed by atoms with Crippen LogP contribution in [0, 0.1) is 6.92 Å². The first-order chi connectivity index (χ1) is 8.11. The summed E-state index contributed by atoms with van der Waals surface area (Å²) >= 11 is 5.95. The molecule has 0 fully saturated rings. The van der Waals surface area contributed by atoms with Crippen molar-refractivity contribution in [2.45, 2.75) is 13.0 Å². The molecule has 1 unspecified atom stereocenters. The number of halogens is 1. The first-order valence-electron chi connectivity index (χ1n) is 5.32. The van der Waals surface area contributed by atoms with Crippen LogP contribution in [-0.2, 0) is 7.05 Å². The number of benzene rings is 1. The van der Waals surface area contributed by atoms with Crippen molar-refractivity contribution in [2.75, 3.05) is 0 Å². The van der Waals surface area contributed by atoms with E-state index in [4.69, 9.17) is 17.4 Å². The van der Waals surface area contributed by atoms with E-state index >= 15 is 0 Å². The molecule has 1 aromatic heterocycles. The van der Waals surface area contributed by atoms with Crippen LogP contribution in [0.3, 0.4) is 0 Å². The van der Waals surface area contributed by atoms with Gasteiger partial charge in [-0.25, -0.2) is 5.43 Å². The summed E-state index contributed by atoms with van der Waals surface area (Å²) in [5.41, 5.74) is 6.04. The number of hydrazine groups is 1. The molecule has 17 heavy (non-hydrogen) atoms. The zero-order valence-electron chi connectivity index (χ0n) is 9.81. The van der Waals surface area contributed by atoms with E-state index in [0.717, 1.165) is 21.7 Å². The van der Waals surface area contributed by atoms with E-state index in [-0.39, 0.29) is 6.04 Å². The Hall–Kier alpha value is -1.36. The van der Waals surface area contributed by atoms with Gasteiger partial charge in [0.25, 0.3) is 0 Å². The molecule has 90 valence electrons. The predicted molar refractivity (Wildman–Crippen MR) is 68.6 cm³/mol. The summed E-state index contributed by atoms with van der Waals surface area (Å²) < 4.78 is 1.75. The maximum Gasteiger partial charge on any atom is 0.0743 e. The standard InChI is InChI=1S/C12H15ClN4/c1-8-5-10(13)3-4-11(8)12(16-14)9-6-15-17(2)7-9/h3-7,12,16H,14H2,1-2H3. The van der Waals surface area contributed by atoms with E-state index in [9.17, 15) is 0 Å². The summed E-state index contributed by atoms with van der Waals surface area (Å²) in [5.74, 6) is 5.63. The molecule has 4 nitrogen and oxygen atoms in total. The van der Waals surface area contributed by atoms with Gasteiger partial charge in [-0.1, -0.05) is 17.7 Å². The highest BCUT2D eigenvalue weighted by molar-refractivity contribution is 6.30. The molecule has 0 aliphatic heterocycles. The lowest BCUT2D eigenvalue weighted by Crippen LogP contribution is -2.29. The van der Waals surface area contributed by atoms with Crippen molar-refractivity contribution in [3.8, 4) is 0 Å². The quantitative estimate of drug-likeness (QED) is 0.647. The maximum atomic E-state index is 5.95. The Morgan fingerprint density at radius 2 is 2.24 bits per heavy atom. The van der Waals surface area contributed by atoms with Crippen molar-refractivity contribution in [3.05, 3.63) is 52.3 Å². The van der Waals surface area contributed by atoms with Crippen molar-refractivity contribution < 1.29 is 0 Å². The van der Waals surface area contributed by atoms with Crippen LogP contribution in [0.2, 0.25) is 5.02 Å². The van der Waals surface area contributed by atoms with Crippen LogP contribution in [0.4, 0.5) is 0 Å². The number of rotatable bonds is 3. The molecule has 3 N–H and O–H groups in total. The van der Waals surface area contributed by atoms with E-state index in [1.54, 1.807) is 10.9 Å². The van der Waals surface area contributed by atoms with E-state index in [0.29, 0.717) is 0 Å². The van der Waals surface area contributed by atoms with E-state index < -0.39 is 0 Å². The molecule has 1 atom stereocenters. The number of aromatic nitrogens is 2. The number of nitrogens with one attached hydrogen (secondary N) is 1. The minimum absolute atomic E-state index is 0.0685. The molecule has 0 saturated carbocycles. The molecule has 0 bridgehead atoms. The van der Waals surface area contributed by atoms with Crippen molar-refractivity contribution in [1.82, 2.24) is 15.2 Å². The molecule has 0 spiro atoms. The molecule has 1 heterocycles. The van der Waals surface area contributed by atoms with E-state index in [1.165, 1.54) is 0 Å². The van der Waals surface area contributed by atoms with Crippen LogP contribution in [0.15, 0.2) is 30.6 Å². The lowest BCUT2D eigenvalue weighted by atomic mass is 9.98. The van der Waals surface area contributed by atoms with Gasteiger partial charge < -0.3 is 0 Å². The van der Waals surface area contributed by atoms with Crippen molar-refractivity contribution in [2.24, 2.45) is 12.9 Å². The summed E-state index contributed by atoms with van der Waals surface area (Å²) in [7, 11) is 1.88. The predicted octanol–water partition coefficient (Wildman–Crippen LogP) is 1.93. The van der Waals surface area contributed by atoms with Crippen LogP contribution in [0.1, 0.15) is 22.7 Å². The van der Waals surface area contributed by atoms with Gasteiger partial charge in [-0.15, -0.1) is 0 Å². The second kappa shape index (κ2) is 4.87. The number of nitrogens with zero attached hydrogens (tertiary/aromatic N) is 2. The zero-order valence-corrected chi connectivity index (χ0v) is 10.6. The Morgan fingerprint density at radius 3 is 2.76 bits per heavy atom. The molecule has 2 aromatic rings. The highest BCUT2D eigenvalue weighted by Gasteiger charge is 2.16. The van der Waals surface area contributed by atoms with Crippen LogP contribution < -0.4 is 11.3 Å². The van der Waals surface area contributed by atoms with E-state index in [1.807, 2.05) is 38.4 Å². The third kappa shape index (κ3) is 2.49. The van der Waals surface area contributed by atoms with Crippen LogP contribution in [0.5, 0.6) is 0 Å². The van der Waals surface area contributed by atoms with Gasteiger partial charge in [0.05, 0.1) is 12.2 Å². The number of hydrogen-bond acceptors (Lipinski definition) is 3. The molecule has 0 aliphatic rings. The highest BCUT2D eigenvalue weighted by atomic mass is 35.5. The van der Waals surface area contributed by atoms with Crippen LogP contribution in [-0.4, -0.2) is 9.78 Å². The molecular weight excluding hydrogens is 236 g/mol. The van der Waals surface area contributed by atoms with Gasteiger partial charge in [0.15, 0.2) is 0 Å². The van der Waals surface area contributed by atoms with Gasteiger partial charge in [-0.05, 0) is 30.2 Å². The summed E-state index contributed by atoms with van der Waals surface area (Å²) in [6.45, 7) is 2.02. The first-order valence-corrected chi connectivity index (χ1v) is 5.70. The fourth-order valence-electron chi connectivity index (χ4n) is 1.92. The third-order valence-electron chi connectivity index (χ3n) is 2.77. The summed E-state index contributed by atoms with van der Waals surface area (Å²) in [5, 5.41) is 4.88. The number of aryl methyl sites for hydroxylation is 2. The summed E-state index contributed by atoms with van der Waals surface area (Å²) in [6.07, 6.45) is 3.75. The van der Waals surface area contributed by atoms with Crippen LogP contribution in [0.25, 0.3) is 0 Å². The summed E-state index contributed by atoms with van der Waals surface area (Å²) in [4.78, 5) is 0. The lowest BCUT2D eigenvalue weighted by molar-refractivity contribution is 0.632. The normalized spacial score (nSPS) is 12.7. The molecule has 0 saturated heterocycles. The smallest absolute Gasteiger partial charge is 0.0743 e. The Kier molecular flexibility index (Phi) is 3.47.